The van der Waals surface area contributed by atoms with Gasteiger partial charge in [-0.05, 0) is 12.1 Å². The molecule has 20 heavy (non-hydrogen) atoms. The maximum Gasteiger partial charge on any atom is 0.255 e. The average molecular weight is 280 g/mol. The molecule has 1 aromatic carbocycles. The maximum absolute atomic E-state index is 12.4. The summed E-state index contributed by atoms with van der Waals surface area (Å²) in [7, 11) is 4.67. The lowest BCUT2D eigenvalue weighted by Crippen LogP contribution is -2.36. The van der Waals surface area contributed by atoms with E-state index in [9.17, 15) is 9.59 Å². The fourth-order valence-electron chi connectivity index (χ4n) is 1.73. The minimum Gasteiger partial charge on any atom is -0.354 e. The molecule has 0 fully saturated rings. The van der Waals surface area contributed by atoms with Gasteiger partial charge >= 0.3 is 0 Å². The van der Waals surface area contributed by atoms with Crippen LogP contribution >= 0.6 is 0 Å². The molecule has 0 heterocycles. The van der Waals surface area contributed by atoms with Crippen LogP contribution in [-0.4, -0.2) is 50.8 Å². The van der Waals surface area contributed by atoms with Crippen molar-refractivity contribution in [1.29, 1.82) is 0 Å². The molecule has 0 bridgehead atoms. The predicted octanol–water partition coefficient (Wildman–Crippen LogP) is 1.34. The summed E-state index contributed by atoms with van der Waals surface area (Å²) >= 11 is 0. The zero-order valence-corrected chi connectivity index (χ0v) is 12.2. The largest absolute Gasteiger partial charge is 0.354 e. The second kappa shape index (κ2) is 7.62. The summed E-state index contributed by atoms with van der Waals surface area (Å²) in [6, 6.07) is 6.86. The molecule has 2 amide bonds. The van der Waals surface area contributed by atoms with E-state index in [1.165, 1.54) is 26.0 Å². The standard InChI is InChI=1S/C14H20N2O4/c1-10(17)15-12-8-6-5-7-11(12)14(18)16(2)9-13(19-3)20-4/h5-8,13H,9H2,1-4H3,(H,15,17). The quantitative estimate of drug-likeness (QED) is 0.798. The lowest BCUT2D eigenvalue weighted by atomic mass is 10.1. The molecule has 0 aliphatic carbocycles. The molecule has 110 valence electrons. The van der Waals surface area contributed by atoms with Crippen molar-refractivity contribution in [3.63, 3.8) is 0 Å². The molecule has 1 aromatic rings. The van der Waals surface area contributed by atoms with Gasteiger partial charge in [-0.3, -0.25) is 9.59 Å². The fraction of sp³-hybridized carbons (Fsp3) is 0.429. The Kier molecular flexibility index (Phi) is 6.14. The Hall–Kier alpha value is -1.92. The zero-order chi connectivity index (χ0) is 15.1. The second-order valence-corrected chi connectivity index (χ2v) is 4.31. The number of benzene rings is 1. The van der Waals surface area contributed by atoms with Gasteiger partial charge in [0, 0.05) is 28.2 Å². The third-order valence-electron chi connectivity index (χ3n) is 2.76. The van der Waals surface area contributed by atoms with Gasteiger partial charge in [0.25, 0.3) is 5.91 Å². The lowest BCUT2D eigenvalue weighted by molar-refractivity contribution is -0.114. The van der Waals surface area contributed by atoms with E-state index >= 15 is 0 Å². The van der Waals surface area contributed by atoms with Crippen LogP contribution in [0.15, 0.2) is 24.3 Å². The van der Waals surface area contributed by atoms with Gasteiger partial charge < -0.3 is 19.7 Å². The van der Waals surface area contributed by atoms with Crippen LogP contribution in [0.5, 0.6) is 0 Å². The monoisotopic (exact) mass is 280 g/mol. The topological polar surface area (TPSA) is 67.9 Å². The van der Waals surface area contributed by atoms with Crippen LogP contribution in [0, 0.1) is 0 Å². The number of rotatable bonds is 6. The number of para-hydroxylation sites is 1. The highest BCUT2D eigenvalue weighted by Gasteiger charge is 2.19. The molecule has 1 N–H and O–H groups in total. The molecule has 6 nitrogen and oxygen atoms in total. The first kappa shape index (κ1) is 16.1. The van der Waals surface area contributed by atoms with Gasteiger partial charge in [0.2, 0.25) is 5.91 Å². The van der Waals surface area contributed by atoms with Crippen LogP contribution in [0.4, 0.5) is 5.69 Å². The summed E-state index contributed by atoms with van der Waals surface area (Å²) in [6.45, 7) is 1.69. The number of nitrogens with zero attached hydrogens (tertiary/aromatic N) is 1. The summed E-state index contributed by atoms with van der Waals surface area (Å²) in [5.74, 6) is -0.437. The van der Waals surface area contributed by atoms with E-state index in [0.717, 1.165) is 0 Å². The van der Waals surface area contributed by atoms with Gasteiger partial charge in [0.05, 0.1) is 17.8 Å². The summed E-state index contributed by atoms with van der Waals surface area (Å²) in [5, 5.41) is 2.64. The van der Waals surface area contributed by atoms with Gasteiger partial charge in [0.15, 0.2) is 6.29 Å². The molecule has 6 heteroatoms. The number of carbonyl (C=O) groups excluding carboxylic acids is 2. The molecule has 0 saturated carbocycles. The molecular weight excluding hydrogens is 260 g/mol. The van der Waals surface area contributed by atoms with Gasteiger partial charge in [-0.15, -0.1) is 0 Å². The molecule has 0 aromatic heterocycles. The van der Waals surface area contributed by atoms with Gasteiger partial charge in [-0.25, -0.2) is 0 Å². The maximum atomic E-state index is 12.4. The molecule has 0 aliphatic heterocycles. The van der Waals surface area contributed by atoms with E-state index in [4.69, 9.17) is 9.47 Å². The summed E-state index contributed by atoms with van der Waals surface area (Å²) in [5.41, 5.74) is 0.916. The van der Waals surface area contributed by atoms with Crippen molar-refractivity contribution in [3.05, 3.63) is 29.8 Å². The number of amides is 2. The van der Waals surface area contributed by atoms with Crippen molar-refractivity contribution in [2.45, 2.75) is 13.2 Å². The Bertz CT molecular complexity index is 472. The number of nitrogens with one attached hydrogen (secondary N) is 1. The molecule has 0 saturated heterocycles. The number of anilines is 1. The highest BCUT2D eigenvalue weighted by molar-refractivity contribution is 6.03. The number of carbonyl (C=O) groups is 2. The van der Waals surface area contributed by atoms with Crippen molar-refractivity contribution >= 4 is 17.5 Å². The first-order valence-electron chi connectivity index (χ1n) is 6.17. The van der Waals surface area contributed by atoms with Crippen molar-refractivity contribution in [2.24, 2.45) is 0 Å². The Morgan fingerprint density at radius 3 is 2.40 bits per heavy atom. The summed E-state index contributed by atoms with van der Waals surface area (Å²) < 4.78 is 10.1. The Labute approximate surface area is 118 Å². The SMILES string of the molecule is COC(CN(C)C(=O)c1ccccc1NC(C)=O)OC. The van der Waals surface area contributed by atoms with Crippen molar-refractivity contribution in [2.75, 3.05) is 33.1 Å². The minimum atomic E-state index is -0.489. The molecule has 0 atom stereocenters. The Morgan fingerprint density at radius 1 is 1.25 bits per heavy atom. The highest BCUT2D eigenvalue weighted by atomic mass is 16.7. The van der Waals surface area contributed by atoms with E-state index < -0.39 is 6.29 Å². The smallest absolute Gasteiger partial charge is 0.255 e. The van der Waals surface area contributed by atoms with E-state index in [0.29, 0.717) is 17.8 Å². The van der Waals surface area contributed by atoms with E-state index in [1.807, 2.05) is 0 Å². The normalized spacial score (nSPS) is 10.4. The first-order chi connectivity index (χ1) is 9.49. The first-order valence-corrected chi connectivity index (χ1v) is 6.17. The molecular formula is C14H20N2O4. The molecule has 0 radical (unpaired) electrons. The highest BCUT2D eigenvalue weighted by Crippen LogP contribution is 2.17. The lowest BCUT2D eigenvalue weighted by Gasteiger charge is -2.23. The number of likely N-dealkylation sites (N-methyl/N-ethyl adjacent to an activating group) is 1. The van der Waals surface area contributed by atoms with Crippen LogP contribution in [0.2, 0.25) is 0 Å². The van der Waals surface area contributed by atoms with Crippen molar-refractivity contribution < 1.29 is 19.1 Å². The van der Waals surface area contributed by atoms with Crippen molar-refractivity contribution in [3.8, 4) is 0 Å². The van der Waals surface area contributed by atoms with Gasteiger partial charge in [0.1, 0.15) is 0 Å². The molecule has 0 spiro atoms. The van der Waals surface area contributed by atoms with Crippen LogP contribution in [0.3, 0.4) is 0 Å². The average Bonchev–Trinajstić information content (AvgIpc) is 2.43. The molecule has 0 unspecified atom stereocenters. The van der Waals surface area contributed by atoms with Gasteiger partial charge in [-0.2, -0.15) is 0 Å². The number of hydrogen-bond acceptors (Lipinski definition) is 4. The van der Waals surface area contributed by atoms with Crippen LogP contribution in [0.1, 0.15) is 17.3 Å². The van der Waals surface area contributed by atoms with Crippen LogP contribution in [-0.2, 0) is 14.3 Å². The predicted molar refractivity (Wildman–Crippen MR) is 75.5 cm³/mol. The van der Waals surface area contributed by atoms with E-state index in [2.05, 4.69) is 5.32 Å². The number of methoxy groups -OCH3 is 2. The summed E-state index contributed by atoms with van der Waals surface area (Å²) in [4.78, 5) is 25.0. The summed E-state index contributed by atoms with van der Waals surface area (Å²) in [6.07, 6.45) is -0.489. The number of hydrogen-bond donors (Lipinski definition) is 1. The van der Waals surface area contributed by atoms with E-state index in [1.54, 1.807) is 31.3 Å². The Morgan fingerprint density at radius 2 is 1.85 bits per heavy atom. The zero-order valence-electron chi connectivity index (χ0n) is 12.2. The number of ether oxygens (including phenoxy) is 2. The van der Waals surface area contributed by atoms with E-state index in [-0.39, 0.29) is 11.8 Å². The van der Waals surface area contributed by atoms with Crippen LogP contribution in [0.25, 0.3) is 0 Å². The molecule has 1 rings (SSSR count). The second-order valence-electron chi connectivity index (χ2n) is 4.31. The van der Waals surface area contributed by atoms with Crippen molar-refractivity contribution in [1.82, 2.24) is 4.90 Å². The minimum absolute atomic E-state index is 0.214. The fourth-order valence-corrected chi connectivity index (χ4v) is 1.73. The molecule has 0 aliphatic rings. The third kappa shape index (κ3) is 4.32. The third-order valence-corrected chi connectivity index (χ3v) is 2.76. The van der Waals surface area contributed by atoms with Gasteiger partial charge in [-0.1, -0.05) is 12.1 Å². The van der Waals surface area contributed by atoms with Crippen LogP contribution < -0.4 is 5.32 Å². The Balaban J connectivity index is 2.88.